The summed E-state index contributed by atoms with van der Waals surface area (Å²) in [5.74, 6) is 0.448. The van der Waals surface area contributed by atoms with Crippen LogP contribution >= 0.6 is 0 Å². The van der Waals surface area contributed by atoms with Crippen molar-refractivity contribution in [3.05, 3.63) is 11.9 Å². The zero-order chi connectivity index (χ0) is 12.9. The molecule has 7 heteroatoms. The number of rotatable bonds is 6. The fourth-order valence-electron chi connectivity index (χ4n) is 1.36. The first-order valence-corrected chi connectivity index (χ1v) is 5.25. The molecule has 0 radical (unpaired) electrons. The summed E-state index contributed by atoms with van der Waals surface area (Å²) >= 11 is 0. The normalized spacial score (nSPS) is 11.8. The highest BCUT2D eigenvalue weighted by Gasteiger charge is 2.26. The second kappa shape index (κ2) is 5.90. The van der Waals surface area contributed by atoms with Gasteiger partial charge in [-0.3, -0.25) is 0 Å². The molecule has 1 aromatic heterocycles. The molecule has 0 unspecified atom stereocenters. The Hall–Kier alpha value is -1.24. The van der Waals surface area contributed by atoms with Crippen LogP contribution in [0.1, 0.15) is 12.1 Å². The maximum absolute atomic E-state index is 12.0. The van der Waals surface area contributed by atoms with Gasteiger partial charge in [0.1, 0.15) is 0 Å². The number of imidazole rings is 1. The molecule has 0 bridgehead atoms. The van der Waals surface area contributed by atoms with Crippen LogP contribution in [-0.4, -0.2) is 36.0 Å². The van der Waals surface area contributed by atoms with Crippen molar-refractivity contribution in [2.45, 2.75) is 26.1 Å². The molecule has 17 heavy (non-hydrogen) atoms. The Kier molecular flexibility index (Phi) is 4.80. The second-order valence-corrected chi connectivity index (χ2v) is 3.68. The lowest BCUT2D eigenvalue weighted by atomic mass is 10.4. The number of nitrogens with zero attached hydrogens (tertiary/aromatic N) is 2. The fraction of sp³-hybridized carbons (Fsp3) is 0.700. The third-order valence-corrected chi connectivity index (χ3v) is 2.12. The number of alkyl halides is 3. The number of nitrogens with one attached hydrogen (secondary N) is 1. The molecule has 0 aromatic carbocycles. The number of ether oxygens (including phenoxy) is 1. The van der Waals surface area contributed by atoms with Gasteiger partial charge in [-0.05, 0) is 6.92 Å². The monoisotopic (exact) mass is 251 g/mol. The van der Waals surface area contributed by atoms with Crippen LogP contribution in [0.4, 0.5) is 19.1 Å². The van der Waals surface area contributed by atoms with Crippen LogP contribution in [0.25, 0.3) is 0 Å². The zero-order valence-electron chi connectivity index (χ0n) is 9.84. The van der Waals surface area contributed by atoms with Crippen molar-refractivity contribution >= 4 is 5.95 Å². The van der Waals surface area contributed by atoms with Crippen molar-refractivity contribution in [2.24, 2.45) is 0 Å². The van der Waals surface area contributed by atoms with E-state index < -0.39 is 12.6 Å². The van der Waals surface area contributed by atoms with Crippen molar-refractivity contribution in [3.8, 4) is 0 Å². The van der Waals surface area contributed by atoms with Crippen molar-refractivity contribution in [1.82, 2.24) is 9.55 Å². The van der Waals surface area contributed by atoms with Crippen LogP contribution < -0.4 is 5.32 Å². The minimum atomic E-state index is -4.15. The van der Waals surface area contributed by atoms with Gasteiger partial charge in [0.2, 0.25) is 5.95 Å². The lowest BCUT2D eigenvalue weighted by Gasteiger charge is -2.10. The predicted molar refractivity (Wildman–Crippen MR) is 58.0 cm³/mol. The molecule has 0 saturated heterocycles. The van der Waals surface area contributed by atoms with Crippen LogP contribution in [0.2, 0.25) is 0 Å². The Bertz CT molecular complexity index is 349. The van der Waals surface area contributed by atoms with Crippen LogP contribution in [0.5, 0.6) is 0 Å². The zero-order valence-corrected chi connectivity index (χ0v) is 9.84. The summed E-state index contributed by atoms with van der Waals surface area (Å²) in [5.41, 5.74) is 0.760. The van der Waals surface area contributed by atoms with Crippen LogP contribution in [-0.2, 0) is 11.3 Å². The van der Waals surface area contributed by atoms with E-state index in [0.29, 0.717) is 19.1 Å². The average molecular weight is 251 g/mol. The van der Waals surface area contributed by atoms with E-state index in [1.165, 1.54) is 0 Å². The minimum Gasteiger partial charge on any atom is -0.383 e. The van der Waals surface area contributed by atoms with Crippen molar-refractivity contribution < 1.29 is 17.9 Å². The van der Waals surface area contributed by atoms with E-state index in [1.54, 1.807) is 24.8 Å². The van der Waals surface area contributed by atoms with Gasteiger partial charge in [-0.15, -0.1) is 0 Å². The van der Waals surface area contributed by atoms with Crippen LogP contribution in [0.3, 0.4) is 0 Å². The van der Waals surface area contributed by atoms with Gasteiger partial charge in [0.25, 0.3) is 0 Å². The number of anilines is 1. The van der Waals surface area contributed by atoms with Gasteiger partial charge in [-0.25, -0.2) is 4.98 Å². The van der Waals surface area contributed by atoms with Crippen molar-refractivity contribution in [3.63, 3.8) is 0 Å². The summed E-state index contributed by atoms with van der Waals surface area (Å²) in [6.07, 6.45) is -3.25. The lowest BCUT2D eigenvalue weighted by Crippen LogP contribution is -2.17. The smallest absolute Gasteiger partial charge is 0.383 e. The number of hydrogen-bond donors (Lipinski definition) is 1. The third-order valence-electron chi connectivity index (χ3n) is 2.12. The number of halogens is 3. The number of hydrogen-bond acceptors (Lipinski definition) is 3. The first-order chi connectivity index (χ1) is 7.92. The first-order valence-electron chi connectivity index (χ1n) is 5.25. The summed E-state index contributed by atoms with van der Waals surface area (Å²) in [6.45, 7) is 2.67. The summed E-state index contributed by atoms with van der Waals surface area (Å²) in [5, 5.41) is 2.68. The van der Waals surface area contributed by atoms with Crippen molar-refractivity contribution in [1.29, 1.82) is 0 Å². The fourth-order valence-corrected chi connectivity index (χ4v) is 1.36. The lowest BCUT2D eigenvalue weighted by molar-refractivity contribution is -0.131. The molecule has 0 saturated carbocycles. The molecule has 4 nitrogen and oxygen atoms in total. The van der Waals surface area contributed by atoms with Gasteiger partial charge in [-0.1, -0.05) is 0 Å². The predicted octanol–water partition coefficient (Wildman–Crippen LogP) is 2.20. The van der Waals surface area contributed by atoms with E-state index in [9.17, 15) is 13.2 Å². The second-order valence-electron chi connectivity index (χ2n) is 3.68. The van der Waals surface area contributed by atoms with E-state index in [4.69, 9.17) is 4.74 Å². The number of aromatic nitrogens is 2. The Morgan fingerprint density at radius 2 is 2.18 bits per heavy atom. The quantitative estimate of drug-likeness (QED) is 0.842. The number of methoxy groups -OCH3 is 1. The summed E-state index contributed by atoms with van der Waals surface area (Å²) in [6, 6.07) is 0. The van der Waals surface area contributed by atoms with Crippen LogP contribution in [0.15, 0.2) is 6.20 Å². The molecule has 1 aromatic rings. The molecule has 0 aliphatic heterocycles. The molecule has 1 rings (SSSR count). The van der Waals surface area contributed by atoms with E-state index in [1.807, 2.05) is 0 Å². The molecule has 0 aliphatic rings. The summed E-state index contributed by atoms with van der Waals surface area (Å²) < 4.78 is 42.6. The molecule has 0 atom stereocenters. The molecule has 0 aliphatic carbocycles. The largest absolute Gasteiger partial charge is 0.390 e. The first kappa shape index (κ1) is 13.8. The Morgan fingerprint density at radius 3 is 2.76 bits per heavy atom. The molecular weight excluding hydrogens is 235 g/mol. The highest BCUT2D eigenvalue weighted by atomic mass is 19.4. The molecule has 0 fully saturated rings. The molecular formula is C10H16F3N3O. The SMILES string of the molecule is COCCn1cc(C)nc1NCCC(F)(F)F. The van der Waals surface area contributed by atoms with Crippen LogP contribution in [0, 0.1) is 6.92 Å². The van der Waals surface area contributed by atoms with Gasteiger partial charge in [0, 0.05) is 26.4 Å². The molecule has 1 heterocycles. The minimum absolute atomic E-state index is 0.174. The standard InChI is InChI=1S/C10H16F3N3O/c1-8-7-16(5-6-17-2)9(15-8)14-4-3-10(11,12)13/h7H,3-6H2,1-2H3,(H,14,15). The van der Waals surface area contributed by atoms with Gasteiger partial charge in [0.15, 0.2) is 0 Å². The Labute approximate surface area is 97.8 Å². The topological polar surface area (TPSA) is 39.1 Å². The number of aryl methyl sites for hydroxylation is 1. The maximum Gasteiger partial charge on any atom is 0.390 e. The Balaban J connectivity index is 2.51. The summed E-state index contributed by atoms with van der Waals surface area (Å²) in [7, 11) is 1.57. The van der Waals surface area contributed by atoms with Gasteiger partial charge < -0.3 is 14.6 Å². The van der Waals surface area contributed by atoms with Gasteiger partial charge in [-0.2, -0.15) is 13.2 Å². The highest BCUT2D eigenvalue weighted by molar-refractivity contribution is 5.28. The average Bonchev–Trinajstić information content (AvgIpc) is 2.54. The van der Waals surface area contributed by atoms with Crippen molar-refractivity contribution in [2.75, 3.05) is 25.6 Å². The third kappa shape index (κ3) is 5.08. The molecule has 1 N–H and O–H groups in total. The molecule has 0 amide bonds. The van der Waals surface area contributed by atoms with E-state index in [-0.39, 0.29) is 6.54 Å². The van der Waals surface area contributed by atoms with Gasteiger partial charge >= 0.3 is 6.18 Å². The highest BCUT2D eigenvalue weighted by Crippen LogP contribution is 2.19. The maximum atomic E-state index is 12.0. The van der Waals surface area contributed by atoms with E-state index in [2.05, 4.69) is 10.3 Å². The summed E-state index contributed by atoms with van der Waals surface area (Å²) in [4.78, 5) is 4.11. The molecule has 0 spiro atoms. The van der Waals surface area contributed by atoms with Gasteiger partial charge in [0.05, 0.1) is 18.7 Å². The Morgan fingerprint density at radius 1 is 1.47 bits per heavy atom. The molecule has 98 valence electrons. The van der Waals surface area contributed by atoms with E-state index >= 15 is 0 Å². The van der Waals surface area contributed by atoms with E-state index in [0.717, 1.165) is 5.69 Å².